The van der Waals surface area contributed by atoms with Crippen LogP contribution in [0.2, 0.25) is 0 Å². The number of rotatable bonds is 5. The van der Waals surface area contributed by atoms with Gasteiger partial charge in [-0.1, -0.05) is 24.3 Å². The Labute approximate surface area is 160 Å². The molecule has 0 radical (unpaired) electrons. The fourth-order valence-corrected chi connectivity index (χ4v) is 4.35. The molecule has 1 saturated heterocycles. The molecule has 0 unspecified atom stereocenters. The lowest BCUT2D eigenvalue weighted by atomic mass is 9.95. The fraction of sp³-hybridized carbons (Fsp3) is 0.391. The summed E-state index contributed by atoms with van der Waals surface area (Å²) in [5, 5.41) is 1.30. The molecule has 1 amide bonds. The molecule has 1 fully saturated rings. The van der Waals surface area contributed by atoms with Gasteiger partial charge in [0.15, 0.2) is 0 Å². The summed E-state index contributed by atoms with van der Waals surface area (Å²) in [6, 6.07) is 12.7. The van der Waals surface area contributed by atoms with Crippen molar-refractivity contribution in [3.8, 4) is 0 Å². The number of pyridine rings is 1. The van der Waals surface area contributed by atoms with Crippen LogP contribution in [-0.2, 0) is 18.3 Å². The molecule has 4 nitrogen and oxygen atoms in total. The molecule has 4 rings (SSSR count). The molecule has 1 aliphatic heterocycles. The van der Waals surface area contributed by atoms with Crippen LogP contribution in [0, 0.1) is 0 Å². The lowest BCUT2D eigenvalue weighted by Gasteiger charge is -2.36. The monoisotopic (exact) mass is 361 g/mol. The summed E-state index contributed by atoms with van der Waals surface area (Å²) in [6.45, 7) is 0.868. The van der Waals surface area contributed by atoms with Crippen molar-refractivity contribution in [2.45, 2.75) is 44.6 Å². The van der Waals surface area contributed by atoms with Gasteiger partial charge in [-0.15, -0.1) is 0 Å². The van der Waals surface area contributed by atoms with Crippen molar-refractivity contribution >= 4 is 16.8 Å². The van der Waals surface area contributed by atoms with Crippen LogP contribution in [0.1, 0.15) is 49.3 Å². The maximum absolute atomic E-state index is 12.9. The number of fused-ring (bicyclic) bond motifs is 1. The number of hydrogen-bond donors (Lipinski definition) is 0. The summed E-state index contributed by atoms with van der Waals surface area (Å²) < 4.78 is 2.18. The van der Waals surface area contributed by atoms with Crippen molar-refractivity contribution in [3.63, 3.8) is 0 Å². The van der Waals surface area contributed by atoms with Gasteiger partial charge in [0.2, 0.25) is 5.91 Å². The predicted octanol–water partition coefficient (Wildman–Crippen LogP) is 4.65. The van der Waals surface area contributed by atoms with Gasteiger partial charge < -0.3 is 9.47 Å². The average Bonchev–Trinajstić information content (AvgIpc) is 3.04. The van der Waals surface area contributed by atoms with Crippen LogP contribution in [0.3, 0.4) is 0 Å². The molecule has 4 heteroatoms. The third-order valence-corrected chi connectivity index (χ3v) is 5.71. The van der Waals surface area contributed by atoms with Crippen molar-refractivity contribution < 1.29 is 4.79 Å². The molecular formula is C23H27N3O. The van der Waals surface area contributed by atoms with E-state index in [0.717, 1.165) is 32.2 Å². The topological polar surface area (TPSA) is 38.1 Å². The lowest BCUT2D eigenvalue weighted by Crippen LogP contribution is -2.38. The van der Waals surface area contributed by atoms with Crippen LogP contribution in [-0.4, -0.2) is 26.9 Å². The van der Waals surface area contributed by atoms with Crippen molar-refractivity contribution in [1.82, 2.24) is 14.5 Å². The molecule has 1 aromatic carbocycles. The van der Waals surface area contributed by atoms with E-state index < -0.39 is 0 Å². The third kappa shape index (κ3) is 3.75. The Hall–Kier alpha value is -2.62. The zero-order valence-corrected chi connectivity index (χ0v) is 16.0. The molecular weight excluding hydrogens is 334 g/mol. The maximum atomic E-state index is 12.9. The summed E-state index contributed by atoms with van der Waals surface area (Å²) in [4.78, 5) is 19.3. The van der Waals surface area contributed by atoms with Crippen molar-refractivity contribution in [3.05, 3.63) is 66.1 Å². The lowest BCUT2D eigenvalue weighted by molar-refractivity contribution is -0.135. The van der Waals surface area contributed by atoms with Crippen molar-refractivity contribution in [2.24, 2.45) is 7.05 Å². The first-order valence-electron chi connectivity index (χ1n) is 9.96. The van der Waals surface area contributed by atoms with E-state index in [1.807, 2.05) is 12.3 Å². The fourth-order valence-electron chi connectivity index (χ4n) is 4.35. The average molecular weight is 361 g/mol. The standard InChI is InChI=1S/C23H27N3O/c1-25-17-19(20-10-2-3-12-22(20)25)8-6-13-23(27)26-15-5-4-11-21(26)18-9-7-14-24-16-18/h2-3,7,9-10,12,14,16-17,21H,4-6,8,11,13,15H2,1H3/t21-/m1/s1. The maximum Gasteiger partial charge on any atom is 0.223 e. The van der Waals surface area contributed by atoms with E-state index in [0.29, 0.717) is 6.42 Å². The van der Waals surface area contributed by atoms with Gasteiger partial charge in [-0.2, -0.15) is 0 Å². The van der Waals surface area contributed by atoms with Gasteiger partial charge in [0.05, 0.1) is 6.04 Å². The molecule has 0 aliphatic carbocycles. The second kappa shape index (κ2) is 7.95. The molecule has 3 heterocycles. The first kappa shape index (κ1) is 17.8. The van der Waals surface area contributed by atoms with Crippen molar-refractivity contribution in [1.29, 1.82) is 0 Å². The Kier molecular flexibility index (Phi) is 5.23. The van der Waals surface area contributed by atoms with Gasteiger partial charge in [-0.05, 0) is 55.4 Å². The summed E-state index contributed by atoms with van der Waals surface area (Å²) in [5.41, 5.74) is 3.76. The number of hydrogen-bond acceptors (Lipinski definition) is 2. The van der Waals surface area contributed by atoms with Crippen LogP contribution in [0.25, 0.3) is 10.9 Å². The predicted molar refractivity (Wildman–Crippen MR) is 108 cm³/mol. The van der Waals surface area contributed by atoms with E-state index in [-0.39, 0.29) is 11.9 Å². The van der Waals surface area contributed by atoms with E-state index in [9.17, 15) is 4.79 Å². The number of nitrogens with zero attached hydrogens (tertiary/aromatic N) is 3. The van der Waals surface area contributed by atoms with E-state index >= 15 is 0 Å². The SMILES string of the molecule is Cn1cc(CCCC(=O)N2CCCC[C@@H]2c2cccnc2)c2ccccc21. The van der Waals surface area contributed by atoms with E-state index in [4.69, 9.17) is 0 Å². The molecule has 140 valence electrons. The number of carbonyl (C=O) groups is 1. The normalized spacial score (nSPS) is 17.4. The van der Waals surface area contributed by atoms with Crippen LogP contribution < -0.4 is 0 Å². The number of likely N-dealkylation sites (tertiary alicyclic amines) is 1. The third-order valence-electron chi connectivity index (χ3n) is 5.71. The first-order chi connectivity index (χ1) is 13.2. The number of carbonyl (C=O) groups excluding carboxylic acids is 1. The Morgan fingerprint density at radius 3 is 2.93 bits per heavy atom. The van der Waals surface area contributed by atoms with Crippen molar-refractivity contribution in [2.75, 3.05) is 6.54 Å². The summed E-state index contributed by atoms with van der Waals surface area (Å²) in [5.74, 6) is 0.281. The molecule has 2 aromatic heterocycles. The minimum atomic E-state index is 0.192. The number of piperidine rings is 1. The molecule has 1 atom stereocenters. The Morgan fingerprint density at radius 1 is 1.19 bits per heavy atom. The molecule has 0 spiro atoms. The number of aromatic nitrogens is 2. The second-order valence-electron chi connectivity index (χ2n) is 7.52. The number of aryl methyl sites for hydroxylation is 2. The second-order valence-corrected chi connectivity index (χ2v) is 7.52. The quantitative estimate of drug-likeness (QED) is 0.663. The highest BCUT2D eigenvalue weighted by atomic mass is 16.2. The van der Waals surface area contributed by atoms with Gasteiger partial charge >= 0.3 is 0 Å². The number of benzene rings is 1. The Morgan fingerprint density at radius 2 is 2.07 bits per heavy atom. The molecule has 1 aliphatic rings. The van der Waals surface area contributed by atoms with Crippen LogP contribution in [0.4, 0.5) is 0 Å². The minimum absolute atomic E-state index is 0.192. The summed E-state index contributed by atoms with van der Waals surface area (Å²) in [7, 11) is 2.09. The molecule has 0 bridgehead atoms. The summed E-state index contributed by atoms with van der Waals surface area (Å²) in [6.07, 6.45) is 11.7. The molecule has 0 saturated carbocycles. The zero-order chi connectivity index (χ0) is 18.6. The smallest absolute Gasteiger partial charge is 0.223 e. The highest BCUT2D eigenvalue weighted by Crippen LogP contribution is 2.31. The largest absolute Gasteiger partial charge is 0.350 e. The van der Waals surface area contributed by atoms with Gasteiger partial charge in [-0.3, -0.25) is 9.78 Å². The van der Waals surface area contributed by atoms with Crippen LogP contribution in [0.15, 0.2) is 55.0 Å². The summed E-state index contributed by atoms with van der Waals surface area (Å²) >= 11 is 0. The van der Waals surface area contributed by atoms with Gasteiger partial charge in [0, 0.05) is 49.5 Å². The van der Waals surface area contributed by atoms with Crippen LogP contribution >= 0.6 is 0 Å². The van der Waals surface area contributed by atoms with E-state index in [1.165, 1.54) is 28.5 Å². The Balaban J connectivity index is 1.41. The van der Waals surface area contributed by atoms with Gasteiger partial charge in [0.1, 0.15) is 0 Å². The molecule has 3 aromatic rings. The molecule has 0 N–H and O–H groups in total. The van der Waals surface area contributed by atoms with Gasteiger partial charge in [0.25, 0.3) is 0 Å². The first-order valence-corrected chi connectivity index (χ1v) is 9.96. The van der Waals surface area contributed by atoms with E-state index in [2.05, 4.69) is 58.0 Å². The highest BCUT2D eigenvalue weighted by molar-refractivity contribution is 5.84. The highest BCUT2D eigenvalue weighted by Gasteiger charge is 2.27. The number of para-hydroxylation sites is 1. The van der Waals surface area contributed by atoms with Crippen LogP contribution in [0.5, 0.6) is 0 Å². The minimum Gasteiger partial charge on any atom is -0.350 e. The number of amides is 1. The Bertz CT molecular complexity index is 916. The zero-order valence-electron chi connectivity index (χ0n) is 16.0. The van der Waals surface area contributed by atoms with Gasteiger partial charge in [-0.25, -0.2) is 0 Å². The molecule has 27 heavy (non-hydrogen) atoms. The van der Waals surface area contributed by atoms with E-state index in [1.54, 1.807) is 6.20 Å².